The third-order valence-corrected chi connectivity index (χ3v) is 4.50. The standard InChI is InChI=1S/C15H15BrN2O/c1-9-6-15(17-8-12(9)16)18-10(2)7-11-13(18)4-3-5-14(11)19/h6-8H,3-5H2,1-2H3. The normalized spacial score (nSPS) is 14.6. The summed E-state index contributed by atoms with van der Waals surface area (Å²) in [5, 5.41) is 0. The Morgan fingerprint density at radius 3 is 2.79 bits per heavy atom. The zero-order valence-electron chi connectivity index (χ0n) is 11.0. The van der Waals surface area contributed by atoms with E-state index in [0.29, 0.717) is 6.42 Å². The number of pyridine rings is 1. The zero-order chi connectivity index (χ0) is 13.6. The van der Waals surface area contributed by atoms with Crippen molar-refractivity contribution in [3.05, 3.63) is 45.3 Å². The Kier molecular flexibility index (Phi) is 3.05. The average molecular weight is 319 g/mol. The number of hydrogen-bond acceptors (Lipinski definition) is 2. The molecule has 0 fully saturated rings. The predicted molar refractivity (Wildman–Crippen MR) is 78.0 cm³/mol. The Balaban J connectivity index is 2.20. The molecule has 98 valence electrons. The highest BCUT2D eigenvalue weighted by molar-refractivity contribution is 9.10. The van der Waals surface area contributed by atoms with Crippen molar-refractivity contribution in [1.82, 2.24) is 9.55 Å². The quantitative estimate of drug-likeness (QED) is 0.802. The van der Waals surface area contributed by atoms with Crippen molar-refractivity contribution in [2.24, 2.45) is 0 Å². The maximum Gasteiger partial charge on any atom is 0.164 e. The van der Waals surface area contributed by atoms with Crippen LogP contribution in [0.4, 0.5) is 0 Å². The zero-order valence-corrected chi connectivity index (χ0v) is 12.6. The minimum Gasteiger partial charge on any atom is -0.302 e. The predicted octanol–water partition coefficient (Wildman–Crippen LogP) is 3.77. The third kappa shape index (κ3) is 2.04. The fourth-order valence-corrected chi connectivity index (χ4v) is 2.91. The molecule has 0 atom stereocenters. The molecule has 0 saturated heterocycles. The van der Waals surface area contributed by atoms with Crippen LogP contribution in [0.2, 0.25) is 0 Å². The van der Waals surface area contributed by atoms with E-state index < -0.39 is 0 Å². The van der Waals surface area contributed by atoms with Crippen molar-refractivity contribution in [1.29, 1.82) is 0 Å². The molecular weight excluding hydrogens is 304 g/mol. The first kappa shape index (κ1) is 12.6. The van der Waals surface area contributed by atoms with Crippen LogP contribution in [0.25, 0.3) is 5.82 Å². The van der Waals surface area contributed by atoms with Crippen LogP contribution in [0.5, 0.6) is 0 Å². The number of Topliss-reactive ketones (excluding diaryl/α,β-unsaturated/α-hetero) is 1. The second-order valence-corrected chi connectivity index (χ2v) is 5.90. The van der Waals surface area contributed by atoms with Crippen LogP contribution in [-0.2, 0) is 6.42 Å². The van der Waals surface area contributed by atoms with Crippen LogP contribution >= 0.6 is 15.9 Å². The number of carbonyl (C=O) groups is 1. The molecule has 0 aliphatic heterocycles. The lowest BCUT2D eigenvalue weighted by molar-refractivity contribution is 0.0972. The number of aryl methyl sites for hydroxylation is 2. The van der Waals surface area contributed by atoms with Crippen LogP contribution in [0.1, 0.15) is 40.2 Å². The molecule has 3 rings (SSSR count). The molecule has 2 heterocycles. The lowest BCUT2D eigenvalue weighted by Gasteiger charge is -2.16. The van der Waals surface area contributed by atoms with Gasteiger partial charge in [-0.15, -0.1) is 0 Å². The maximum atomic E-state index is 12.0. The number of halogens is 1. The van der Waals surface area contributed by atoms with E-state index in [1.807, 2.05) is 26.1 Å². The van der Waals surface area contributed by atoms with Gasteiger partial charge in [-0.2, -0.15) is 0 Å². The van der Waals surface area contributed by atoms with Gasteiger partial charge in [0.05, 0.1) is 0 Å². The molecule has 0 amide bonds. The Hall–Kier alpha value is -1.42. The lowest BCUT2D eigenvalue weighted by Crippen LogP contribution is -2.13. The molecule has 0 saturated carbocycles. The first-order valence-electron chi connectivity index (χ1n) is 6.45. The Morgan fingerprint density at radius 1 is 1.26 bits per heavy atom. The van der Waals surface area contributed by atoms with Gasteiger partial charge in [-0.25, -0.2) is 4.98 Å². The molecule has 0 bridgehead atoms. The molecule has 0 unspecified atom stereocenters. The fourth-order valence-electron chi connectivity index (χ4n) is 2.69. The van der Waals surface area contributed by atoms with E-state index in [2.05, 4.69) is 31.5 Å². The van der Waals surface area contributed by atoms with Crippen molar-refractivity contribution in [3.63, 3.8) is 0 Å². The number of hydrogen-bond donors (Lipinski definition) is 0. The summed E-state index contributed by atoms with van der Waals surface area (Å²) in [5.41, 5.74) is 4.22. The van der Waals surface area contributed by atoms with Crippen molar-refractivity contribution in [2.45, 2.75) is 33.1 Å². The van der Waals surface area contributed by atoms with Crippen molar-refractivity contribution in [2.75, 3.05) is 0 Å². The first-order chi connectivity index (χ1) is 9.08. The van der Waals surface area contributed by atoms with E-state index >= 15 is 0 Å². The number of fused-ring (bicyclic) bond motifs is 1. The molecule has 0 N–H and O–H groups in total. The highest BCUT2D eigenvalue weighted by Crippen LogP contribution is 2.28. The van der Waals surface area contributed by atoms with Gasteiger partial charge in [-0.3, -0.25) is 4.79 Å². The summed E-state index contributed by atoms with van der Waals surface area (Å²) < 4.78 is 3.12. The third-order valence-electron chi connectivity index (χ3n) is 3.67. The molecular formula is C15H15BrN2O. The molecule has 2 aromatic heterocycles. The summed E-state index contributed by atoms with van der Waals surface area (Å²) in [4.78, 5) is 16.4. The number of rotatable bonds is 1. The Bertz CT molecular complexity index is 673. The van der Waals surface area contributed by atoms with E-state index in [9.17, 15) is 4.79 Å². The number of nitrogens with zero attached hydrogens (tertiary/aromatic N) is 2. The summed E-state index contributed by atoms with van der Waals surface area (Å²) >= 11 is 3.47. The smallest absolute Gasteiger partial charge is 0.164 e. The van der Waals surface area contributed by atoms with Crippen LogP contribution < -0.4 is 0 Å². The van der Waals surface area contributed by atoms with Gasteiger partial charge >= 0.3 is 0 Å². The minimum absolute atomic E-state index is 0.261. The van der Waals surface area contributed by atoms with Gasteiger partial charge in [0.15, 0.2) is 5.78 Å². The van der Waals surface area contributed by atoms with Gasteiger partial charge in [0.1, 0.15) is 5.82 Å². The SMILES string of the molecule is Cc1cc(-n2c(C)cc3c2CCCC3=O)ncc1Br. The molecule has 0 aromatic carbocycles. The molecule has 19 heavy (non-hydrogen) atoms. The number of ketones is 1. The largest absolute Gasteiger partial charge is 0.302 e. The summed E-state index contributed by atoms with van der Waals surface area (Å²) in [7, 11) is 0. The molecule has 0 radical (unpaired) electrons. The number of aromatic nitrogens is 2. The highest BCUT2D eigenvalue weighted by Gasteiger charge is 2.23. The Labute approximate surface area is 120 Å². The topological polar surface area (TPSA) is 34.9 Å². The monoisotopic (exact) mass is 318 g/mol. The molecule has 1 aliphatic rings. The molecule has 2 aromatic rings. The summed E-state index contributed by atoms with van der Waals surface area (Å²) in [6.45, 7) is 4.08. The molecule has 3 nitrogen and oxygen atoms in total. The van der Waals surface area contributed by atoms with Gasteiger partial charge < -0.3 is 4.57 Å². The van der Waals surface area contributed by atoms with E-state index in [0.717, 1.165) is 45.6 Å². The lowest BCUT2D eigenvalue weighted by atomic mass is 9.96. The average Bonchev–Trinajstić information content (AvgIpc) is 2.71. The van der Waals surface area contributed by atoms with Crippen molar-refractivity contribution in [3.8, 4) is 5.82 Å². The van der Waals surface area contributed by atoms with Gasteiger partial charge in [0.25, 0.3) is 0 Å². The van der Waals surface area contributed by atoms with Crippen molar-refractivity contribution < 1.29 is 4.79 Å². The van der Waals surface area contributed by atoms with Gasteiger partial charge in [-0.1, -0.05) is 0 Å². The van der Waals surface area contributed by atoms with E-state index in [-0.39, 0.29) is 5.78 Å². The highest BCUT2D eigenvalue weighted by atomic mass is 79.9. The second-order valence-electron chi connectivity index (χ2n) is 5.05. The van der Waals surface area contributed by atoms with Crippen LogP contribution in [0, 0.1) is 13.8 Å². The number of carbonyl (C=O) groups excluding carboxylic acids is 1. The first-order valence-corrected chi connectivity index (χ1v) is 7.24. The van der Waals surface area contributed by atoms with Gasteiger partial charge in [-0.05, 0) is 60.3 Å². The molecule has 1 aliphatic carbocycles. The van der Waals surface area contributed by atoms with Crippen LogP contribution in [0.15, 0.2) is 22.8 Å². The minimum atomic E-state index is 0.261. The summed E-state index contributed by atoms with van der Waals surface area (Å²) in [6, 6.07) is 4.05. The van der Waals surface area contributed by atoms with Crippen molar-refractivity contribution >= 4 is 21.7 Å². The van der Waals surface area contributed by atoms with Crippen LogP contribution in [0.3, 0.4) is 0 Å². The summed E-state index contributed by atoms with van der Waals surface area (Å²) in [6.07, 6.45) is 4.38. The molecule has 0 spiro atoms. The fraction of sp³-hybridized carbons (Fsp3) is 0.333. The summed E-state index contributed by atoms with van der Waals surface area (Å²) in [5.74, 6) is 1.16. The second kappa shape index (κ2) is 4.60. The Morgan fingerprint density at radius 2 is 2.05 bits per heavy atom. The van der Waals surface area contributed by atoms with E-state index in [4.69, 9.17) is 0 Å². The van der Waals surface area contributed by atoms with Gasteiger partial charge in [0.2, 0.25) is 0 Å². The van der Waals surface area contributed by atoms with E-state index in [1.165, 1.54) is 0 Å². The van der Waals surface area contributed by atoms with E-state index in [1.54, 1.807) is 0 Å². The molecule has 4 heteroatoms. The van der Waals surface area contributed by atoms with Gasteiger partial charge in [0, 0.05) is 34.0 Å². The maximum absolute atomic E-state index is 12.0. The van der Waals surface area contributed by atoms with Crippen LogP contribution in [-0.4, -0.2) is 15.3 Å².